The van der Waals surface area contributed by atoms with Gasteiger partial charge in [0.05, 0.1) is 0 Å². The molecule has 0 atom stereocenters. The van der Waals surface area contributed by atoms with Crippen molar-refractivity contribution >= 4 is 16.7 Å². The van der Waals surface area contributed by atoms with Gasteiger partial charge in [-0.25, -0.2) is 0 Å². The average Bonchev–Trinajstić information content (AvgIpc) is 2.81. The Morgan fingerprint density at radius 1 is 1.27 bits per heavy atom. The van der Waals surface area contributed by atoms with Crippen LogP contribution in [0, 0.1) is 0 Å². The molecule has 0 unspecified atom stereocenters. The highest BCUT2D eigenvalue weighted by Crippen LogP contribution is 2.16. The molecule has 1 aromatic heterocycles. The van der Waals surface area contributed by atoms with Crippen molar-refractivity contribution in [2.24, 2.45) is 0 Å². The number of benzene rings is 1. The largest absolute Gasteiger partial charge is 0.341 e. The Hall–Kier alpha value is -1.49. The number of rotatable bonds is 4. The first kappa shape index (κ1) is 10.0. The molecule has 2 rings (SSSR count). The predicted octanol–water partition coefficient (Wildman–Crippen LogP) is 1.96. The van der Waals surface area contributed by atoms with E-state index in [1.165, 1.54) is 17.1 Å². The van der Waals surface area contributed by atoms with Crippen LogP contribution in [0.1, 0.15) is 12.5 Å². The highest BCUT2D eigenvalue weighted by Gasteiger charge is 2.08. The van der Waals surface area contributed by atoms with Gasteiger partial charge in [0.25, 0.3) is 0 Å². The molecule has 0 N–H and O–H groups in total. The summed E-state index contributed by atoms with van der Waals surface area (Å²) in [6, 6.07) is 10.3. The van der Waals surface area contributed by atoms with Gasteiger partial charge in [-0.15, -0.1) is 0 Å². The van der Waals surface area contributed by atoms with Gasteiger partial charge in [-0.05, 0) is 17.7 Å². The summed E-state index contributed by atoms with van der Waals surface area (Å²) in [7, 11) is 0. The van der Waals surface area contributed by atoms with Gasteiger partial charge in [0.1, 0.15) is 0 Å². The minimum atomic E-state index is 0.855. The Bertz CT molecular complexity index is 387. The second kappa shape index (κ2) is 4.84. The quantitative estimate of drug-likeness (QED) is 0.790. The molecule has 15 heavy (non-hydrogen) atoms. The molecule has 0 saturated carbocycles. The van der Waals surface area contributed by atoms with Crippen molar-refractivity contribution in [1.29, 1.82) is 0 Å². The molecule has 0 aliphatic carbocycles. The first-order chi connectivity index (χ1) is 7.40. The number of aromatic nitrogens is 3. The van der Waals surface area contributed by atoms with E-state index in [2.05, 4.69) is 38.8 Å². The lowest BCUT2D eigenvalue weighted by molar-refractivity contribution is 0.808. The molecule has 78 valence electrons. The van der Waals surface area contributed by atoms with Crippen LogP contribution in [0.25, 0.3) is 0 Å². The zero-order valence-electron chi connectivity index (χ0n) is 8.50. The van der Waals surface area contributed by atoms with Crippen LogP contribution >= 0.6 is 11.5 Å². The Balaban J connectivity index is 2.10. The summed E-state index contributed by atoms with van der Waals surface area (Å²) in [4.78, 5) is 2.15. The molecule has 0 radical (unpaired) electrons. The summed E-state index contributed by atoms with van der Waals surface area (Å²) in [6.07, 6.45) is 0. The molecular weight excluding hydrogens is 208 g/mol. The second-order valence-corrected chi connectivity index (χ2v) is 3.86. The molecule has 0 spiro atoms. The first-order valence-corrected chi connectivity index (χ1v) is 5.61. The zero-order chi connectivity index (χ0) is 10.5. The molecule has 1 heterocycles. The third-order valence-corrected chi connectivity index (χ3v) is 2.82. The van der Waals surface area contributed by atoms with E-state index < -0.39 is 0 Å². The van der Waals surface area contributed by atoms with Gasteiger partial charge in [-0.3, -0.25) is 0 Å². The Labute approximate surface area is 92.7 Å². The van der Waals surface area contributed by atoms with E-state index in [0.717, 1.165) is 18.2 Å². The molecule has 0 fully saturated rings. The van der Waals surface area contributed by atoms with Crippen LogP contribution in [0.15, 0.2) is 30.3 Å². The van der Waals surface area contributed by atoms with E-state index in [1.54, 1.807) is 0 Å². The van der Waals surface area contributed by atoms with Crippen LogP contribution in [0.4, 0.5) is 5.13 Å². The molecule has 0 amide bonds. The smallest absolute Gasteiger partial charge is 0.228 e. The first-order valence-electron chi connectivity index (χ1n) is 4.84. The summed E-state index contributed by atoms with van der Waals surface area (Å²) in [5.74, 6) is 0. The van der Waals surface area contributed by atoms with Crippen LogP contribution in [0.2, 0.25) is 0 Å². The van der Waals surface area contributed by atoms with Crippen molar-refractivity contribution in [1.82, 2.24) is 14.8 Å². The van der Waals surface area contributed by atoms with E-state index in [9.17, 15) is 0 Å². The lowest BCUT2D eigenvalue weighted by Gasteiger charge is -2.18. The number of hydrogen-bond donors (Lipinski definition) is 0. The second-order valence-electron chi connectivity index (χ2n) is 3.14. The van der Waals surface area contributed by atoms with Crippen LogP contribution in [-0.4, -0.2) is 21.3 Å². The van der Waals surface area contributed by atoms with Gasteiger partial charge in [0, 0.05) is 24.6 Å². The summed E-state index contributed by atoms with van der Waals surface area (Å²) in [5, 5.41) is 8.45. The molecular formula is C10H12N4S. The van der Waals surface area contributed by atoms with Gasteiger partial charge in [0.2, 0.25) is 5.13 Å². The fourth-order valence-corrected chi connectivity index (χ4v) is 1.90. The van der Waals surface area contributed by atoms with E-state index in [4.69, 9.17) is 0 Å². The highest BCUT2D eigenvalue weighted by atomic mass is 32.1. The number of hydrogen-bond acceptors (Lipinski definition) is 5. The van der Waals surface area contributed by atoms with E-state index in [1.807, 2.05) is 18.2 Å². The van der Waals surface area contributed by atoms with Crippen molar-refractivity contribution in [3.8, 4) is 0 Å². The number of anilines is 1. The highest BCUT2D eigenvalue weighted by molar-refractivity contribution is 7.09. The predicted molar refractivity (Wildman–Crippen MR) is 60.9 cm³/mol. The van der Waals surface area contributed by atoms with Crippen molar-refractivity contribution in [3.63, 3.8) is 0 Å². The molecule has 0 bridgehead atoms. The third-order valence-electron chi connectivity index (χ3n) is 2.16. The Morgan fingerprint density at radius 3 is 2.67 bits per heavy atom. The summed E-state index contributed by atoms with van der Waals surface area (Å²) < 4.78 is 3.77. The van der Waals surface area contributed by atoms with Gasteiger partial charge >= 0.3 is 0 Å². The molecule has 1 aromatic carbocycles. The lowest BCUT2D eigenvalue weighted by atomic mass is 10.2. The molecule has 0 aliphatic heterocycles. The van der Waals surface area contributed by atoms with Gasteiger partial charge in [0.15, 0.2) is 0 Å². The van der Waals surface area contributed by atoms with Crippen LogP contribution in [0.5, 0.6) is 0 Å². The normalized spacial score (nSPS) is 10.2. The van der Waals surface area contributed by atoms with Crippen LogP contribution < -0.4 is 4.90 Å². The van der Waals surface area contributed by atoms with Crippen molar-refractivity contribution in [3.05, 3.63) is 35.9 Å². The van der Waals surface area contributed by atoms with Crippen molar-refractivity contribution in [2.75, 3.05) is 11.4 Å². The third kappa shape index (κ3) is 2.50. The topological polar surface area (TPSA) is 41.9 Å². The maximum Gasteiger partial charge on any atom is 0.228 e. The maximum absolute atomic E-state index is 3.97. The van der Waals surface area contributed by atoms with E-state index in [-0.39, 0.29) is 0 Å². The van der Waals surface area contributed by atoms with Gasteiger partial charge in [-0.2, -0.15) is 0 Å². The summed E-state index contributed by atoms with van der Waals surface area (Å²) in [6.45, 7) is 3.87. The van der Waals surface area contributed by atoms with Gasteiger partial charge in [-0.1, -0.05) is 39.9 Å². The van der Waals surface area contributed by atoms with Gasteiger partial charge < -0.3 is 4.90 Å². The molecule has 5 heteroatoms. The Kier molecular flexibility index (Phi) is 3.24. The Morgan fingerprint density at radius 2 is 2.07 bits per heavy atom. The molecule has 0 saturated heterocycles. The van der Waals surface area contributed by atoms with Crippen LogP contribution in [-0.2, 0) is 6.54 Å². The van der Waals surface area contributed by atoms with E-state index >= 15 is 0 Å². The fraction of sp³-hybridized carbons (Fsp3) is 0.300. The SMILES string of the molecule is CCN(Cc1ccccc1)c1nnns1. The average molecular weight is 220 g/mol. The molecule has 4 nitrogen and oxygen atoms in total. The summed E-state index contributed by atoms with van der Waals surface area (Å²) in [5.41, 5.74) is 1.27. The van der Waals surface area contributed by atoms with Crippen molar-refractivity contribution in [2.45, 2.75) is 13.5 Å². The maximum atomic E-state index is 3.97. The van der Waals surface area contributed by atoms with Crippen LogP contribution in [0.3, 0.4) is 0 Å². The zero-order valence-corrected chi connectivity index (χ0v) is 9.31. The standard InChI is InChI=1S/C10H12N4S/c1-2-14(10-11-12-13-15-10)8-9-6-4-3-5-7-9/h3-7H,2,8H2,1H3. The monoisotopic (exact) mass is 220 g/mol. The number of nitrogens with zero attached hydrogens (tertiary/aromatic N) is 4. The molecule has 2 aromatic rings. The fourth-order valence-electron chi connectivity index (χ4n) is 1.37. The van der Waals surface area contributed by atoms with Crippen molar-refractivity contribution < 1.29 is 0 Å². The lowest BCUT2D eigenvalue weighted by Crippen LogP contribution is -2.21. The van der Waals surface area contributed by atoms with E-state index in [0.29, 0.717) is 0 Å². The summed E-state index contributed by atoms with van der Waals surface area (Å²) >= 11 is 1.33. The molecule has 0 aliphatic rings. The minimum Gasteiger partial charge on any atom is -0.341 e. The minimum absolute atomic E-state index is 0.855.